The van der Waals surface area contributed by atoms with Gasteiger partial charge in [0.15, 0.2) is 5.78 Å². The fourth-order valence-corrected chi connectivity index (χ4v) is 1.20. The highest BCUT2D eigenvalue weighted by atomic mass is 32.1. The molecule has 2 nitrogen and oxygen atoms in total. The molecule has 76 valence electrons. The maximum atomic E-state index is 10.5. The Labute approximate surface area is 88.3 Å². The van der Waals surface area contributed by atoms with Crippen molar-refractivity contribution in [2.45, 2.75) is 20.8 Å². The summed E-state index contributed by atoms with van der Waals surface area (Å²) in [5, 5.41) is 1.99. The molecule has 0 aliphatic heterocycles. The fraction of sp³-hybridized carbons (Fsp3) is 0.273. The molecule has 1 heterocycles. The summed E-state index contributed by atoms with van der Waals surface area (Å²) in [7, 11) is 0. The number of carbonyl (C=O) groups is 2. The molecule has 0 unspecified atom stereocenters. The first-order valence-electron chi connectivity index (χ1n) is 4.21. The van der Waals surface area contributed by atoms with Crippen LogP contribution < -0.4 is 0 Å². The summed E-state index contributed by atoms with van der Waals surface area (Å²) in [5.41, 5.74) is 0. The molecular formula is C11H14O2S. The minimum Gasteiger partial charge on any atom is -0.300 e. The first kappa shape index (κ1) is 12.8. The number of ketones is 2. The standard InChI is InChI=1S/C8H8OS.C3H6O/c1-7(9)4-5-8-3-2-6-10-8;1-3(2)4/h2-6H,1H3;1-2H3. The van der Waals surface area contributed by atoms with Crippen molar-refractivity contribution in [3.63, 3.8) is 0 Å². The molecule has 1 aromatic heterocycles. The number of Topliss-reactive ketones (excluding diaryl/α,β-unsaturated/α-hetero) is 1. The van der Waals surface area contributed by atoms with E-state index in [2.05, 4.69) is 0 Å². The summed E-state index contributed by atoms with van der Waals surface area (Å²) < 4.78 is 0. The van der Waals surface area contributed by atoms with Crippen molar-refractivity contribution in [1.29, 1.82) is 0 Å². The summed E-state index contributed by atoms with van der Waals surface area (Å²) in [6.45, 7) is 4.60. The van der Waals surface area contributed by atoms with E-state index in [-0.39, 0.29) is 11.6 Å². The van der Waals surface area contributed by atoms with Gasteiger partial charge in [-0.25, -0.2) is 0 Å². The van der Waals surface area contributed by atoms with Crippen LogP contribution >= 0.6 is 11.3 Å². The fourth-order valence-electron chi connectivity index (χ4n) is 0.586. The van der Waals surface area contributed by atoms with Crippen molar-refractivity contribution < 1.29 is 9.59 Å². The molecule has 1 aromatic rings. The van der Waals surface area contributed by atoms with Gasteiger partial charge >= 0.3 is 0 Å². The van der Waals surface area contributed by atoms with Crippen LogP contribution in [-0.2, 0) is 9.59 Å². The zero-order chi connectivity index (χ0) is 11.0. The van der Waals surface area contributed by atoms with Gasteiger partial charge in [0.05, 0.1) is 0 Å². The average molecular weight is 210 g/mol. The zero-order valence-electron chi connectivity index (χ0n) is 8.61. The maximum absolute atomic E-state index is 10.5. The van der Waals surface area contributed by atoms with Crippen LogP contribution in [0.25, 0.3) is 6.08 Å². The highest BCUT2D eigenvalue weighted by Gasteiger charge is 1.85. The molecule has 1 rings (SSSR count). The molecule has 14 heavy (non-hydrogen) atoms. The van der Waals surface area contributed by atoms with E-state index in [1.807, 2.05) is 23.6 Å². The first-order chi connectivity index (χ1) is 6.52. The van der Waals surface area contributed by atoms with Gasteiger partial charge in [0.1, 0.15) is 5.78 Å². The topological polar surface area (TPSA) is 34.1 Å². The highest BCUT2D eigenvalue weighted by Crippen LogP contribution is 2.09. The smallest absolute Gasteiger partial charge is 0.152 e. The number of carbonyl (C=O) groups excluding carboxylic acids is 2. The predicted molar refractivity (Wildman–Crippen MR) is 60.4 cm³/mol. The Kier molecular flexibility index (Phi) is 6.58. The van der Waals surface area contributed by atoms with Gasteiger partial charge in [0, 0.05) is 4.88 Å². The molecule has 0 saturated heterocycles. The molecular weight excluding hydrogens is 196 g/mol. The van der Waals surface area contributed by atoms with Gasteiger partial charge in [-0.05, 0) is 44.4 Å². The van der Waals surface area contributed by atoms with Crippen LogP contribution in [0.3, 0.4) is 0 Å². The van der Waals surface area contributed by atoms with Gasteiger partial charge in [-0.3, -0.25) is 4.79 Å². The molecule has 0 fully saturated rings. The van der Waals surface area contributed by atoms with Crippen LogP contribution in [0.1, 0.15) is 25.6 Å². The van der Waals surface area contributed by atoms with E-state index < -0.39 is 0 Å². The Bertz CT molecular complexity index is 306. The first-order valence-corrected chi connectivity index (χ1v) is 5.09. The van der Waals surface area contributed by atoms with Crippen LogP contribution in [0.4, 0.5) is 0 Å². The molecule has 0 N–H and O–H groups in total. The number of allylic oxidation sites excluding steroid dienone is 1. The van der Waals surface area contributed by atoms with Crippen molar-refractivity contribution in [2.75, 3.05) is 0 Å². The predicted octanol–water partition coefficient (Wildman–Crippen LogP) is 2.95. The van der Waals surface area contributed by atoms with Gasteiger partial charge in [-0.1, -0.05) is 6.07 Å². The number of rotatable bonds is 2. The third kappa shape index (κ3) is 8.87. The normalized spacial score (nSPS) is 9.36. The summed E-state index contributed by atoms with van der Waals surface area (Å²) in [5.74, 6) is 0.258. The van der Waals surface area contributed by atoms with Crippen LogP contribution in [0.2, 0.25) is 0 Å². The minimum atomic E-state index is 0.0911. The van der Waals surface area contributed by atoms with Crippen LogP contribution in [0.5, 0.6) is 0 Å². The third-order valence-corrected chi connectivity index (χ3v) is 1.86. The summed E-state index contributed by atoms with van der Waals surface area (Å²) in [6, 6.07) is 3.94. The molecule has 0 aliphatic carbocycles. The summed E-state index contributed by atoms with van der Waals surface area (Å²) in [4.78, 5) is 21.0. The van der Waals surface area contributed by atoms with E-state index in [4.69, 9.17) is 0 Å². The lowest BCUT2D eigenvalue weighted by Crippen LogP contribution is -1.77. The molecule has 0 aromatic carbocycles. The average Bonchev–Trinajstić information content (AvgIpc) is 2.51. The quantitative estimate of drug-likeness (QED) is 0.703. The molecule has 0 radical (unpaired) electrons. The molecule has 3 heteroatoms. The second-order valence-electron chi connectivity index (χ2n) is 2.87. The molecule has 0 aliphatic rings. The highest BCUT2D eigenvalue weighted by molar-refractivity contribution is 7.10. The van der Waals surface area contributed by atoms with Crippen molar-refractivity contribution in [3.8, 4) is 0 Å². The Balaban J connectivity index is 0.000000364. The molecule has 0 saturated carbocycles. The SMILES string of the molecule is CC(=O)C=Cc1cccs1.CC(C)=O. The number of thiophene rings is 1. The molecule has 0 spiro atoms. The lowest BCUT2D eigenvalue weighted by atomic mass is 10.3. The van der Waals surface area contributed by atoms with Crippen molar-refractivity contribution in [2.24, 2.45) is 0 Å². The summed E-state index contributed by atoms with van der Waals surface area (Å²) in [6.07, 6.45) is 3.40. The van der Waals surface area contributed by atoms with Crippen LogP contribution in [-0.4, -0.2) is 11.6 Å². The number of hydrogen-bond donors (Lipinski definition) is 0. The van der Waals surface area contributed by atoms with Gasteiger partial charge in [-0.2, -0.15) is 0 Å². The van der Waals surface area contributed by atoms with E-state index in [0.29, 0.717) is 0 Å². The van der Waals surface area contributed by atoms with E-state index in [0.717, 1.165) is 4.88 Å². The Morgan fingerprint density at radius 1 is 1.29 bits per heavy atom. The Morgan fingerprint density at radius 3 is 2.21 bits per heavy atom. The van der Waals surface area contributed by atoms with Gasteiger partial charge < -0.3 is 4.79 Å². The van der Waals surface area contributed by atoms with Crippen LogP contribution in [0, 0.1) is 0 Å². The van der Waals surface area contributed by atoms with Crippen molar-refractivity contribution >= 4 is 29.0 Å². The molecule has 0 bridgehead atoms. The third-order valence-electron chi connectivity index (χ3n) is 1.03. The van der Waals surface area contributed by atoms with Gasteiger partial charge in [0.25, 0.3) is 0 Å². The largest absolute Gasteiger partial charge is 0.300 e. The Morgan fingerprint density at radius 2 is 1.86 bits per heavy atom. The molecule has 0 atom stereocenters. The number of hydrogen-bond acceptors (Lipinski definition) is 3. The van der Waals surface area contributed by atoms with E-state index in [1.54, 1.807) is 24.3 Å². The van der Waals surface area contributed by atoms with Crippen molar-refractivity contribution in [3.05, 3.63) is 28.5 Å². The molecule has 0 amide bonds. The minimum absolute atomic E-state index is 0.0911. The summed E-state index contributed by atoms with van der Waals surface area (Å²) >= 11 is 1.63. The van der Waals surface area contributed by atoms with Gasteiger partial charge in [-0.15, -0.1) is 11.3 Å². The zero-order valence-corrected chi connectivity index (χ0v) is 9.43. The maximum Gasteiger partial charge on any atom is 0.152 e. The van der Waals surface area contributed by atoms with E-state index >= 15 is 0 Å². The van der Waals surface area contributed by atoms with E-state index in [9.17, 15) is 9.59 Å². The monoisotopic (exact) mass is 210 g/mol. The van der Waals surface area contributed by atoms with Crippen molar-refractivity contribution in [1.82, 2.24) is 0 Å². The van der Waals surface area contributed by atoms with Crippen LogP contribution in [0.15, 0.2) is 23.6 Å². The van der Waals surface area contributed by atoms with Gasteiger partial charge in [0.2, 0.25) is 0 Å². The van der Waals surface area contributed by atoms with E-state index in [1.165, 1.54) is 13.8 Å². The Hall–Kier alpha value is -1.22. The lowest BCUT2D eigenvalue weighted by molar-refractivity contribution is -0.115. The second-order valence-corrected chi connectivity index (χ2v) is 3.85. The lowest BCUT2D eigenvalue weighted by Gasteiger charge is -1.79. The second kappa shape index (κ2) is 7.21.